The zero-order valence-electron chi connectivity index (χ0n) is 59.4. The van der Waals surface area contributed by atoms with Crippen LogP contribution in [0.1, 0.15) is 68.7 Å². The van der Waals surface area contributed by atoms with E-state index >= 15 is 8.78 Å². The molecule has 0 aliphatic carbocycles. The summed E-state index contributed by atoms with van der Waals surface area (Å²) in [5, 5.41) is 14.8. The summed E-state index contributed by atoms with van der Waals surface area (Å²) >= 11 is 29.1. The van der Waals surface area contributed by atoms with Crippen molar-refractivity contribution in [2.45, 2.75) is 49.9 Å². The van der Waals surface area contributed by atoms with E-state index in [0.29, 0.717) is 75.0 Å². The maximum atomic E-state index is 15.1. The van der Waals surface area contributed by atoms with Crippen LogP contribution in [0, 0.1) is 23.3 Å². The summed E-state index contributed by atoms with van der Waals surface area (Å²) in [6.07, 6.45) is 10.1. The number of nitrogens with zero attached hydrogens (tertiary/aromatic N) is 8. The number of fused-ring (bicyclic) bond motifs is 4. The van der Waals surface area contributed by atoms with Crippen LogP contribution in [0.5, 0.6) is 0 Å². The maximum Gasteiger partial charge on any atom is 0.329 e. The standard InChI is InChI=1S/C21H12ClF2N3O2S.2C21H13ClFN3O2S.C21H14ClN3O2S/c22-16-6-5-15(30-16)12-3-4-13(18(24)17(12)23)19-20(28)26-21(29)27(19)11-2-1-10-7-8-25-14(10)9-11;22-18-8-13(10-29-18)15-4-2-12(7-16(15)23)19-20(27)25-21(28)26(19)14-3-1-11-5-6-24-17(11)9-14;22-18-8-13(10-29-18)12-2-4-15(16(23)7-12)19-20(27)25-21(28)26(19)14-3-1-11-5-6-24-17(11)9-14;22-18-9-15(11-28-18)12-1-3-14(4-2-12)19-20(26)24-21(27)25(19)16-6-5-13-7-8-23-17(13)10-16/h1-6,8-9,19H,7H2,(H,26,28,29);2*1-4,6-10,19H,5H2,(H,25,27,28);1-6,8-11,19H,7H2,(H,24,26,27). The molecule has 20 nitrogen and oxygen atoms in total. The van der Waals surface area contributed by atoms with Crippen LogP contribution < -0.4 is 40.9 Å². The topological polar surface area (TPSA) is 247 Å². The highest BCUT2D eigenvalue weighted by molar-refractivity contribution is 7.19. The van der Waals surface area contributed by atoms with E-state index < -0.39 is 89.3 Å². The lowest BCUT2D eigenvalue weighted by Crippen LogP contribution is -2.30. The van der Waals surface area contributed by atoms with E-state index in [1.54, 1.807) is 109 Å². The van der Waals surface area contributed by atoms with Crippen LogP contribution in [0.3, 0.4) is 0 Å². The molecule has 4 N–H and O–H groups in total. The van der Waals surface area contributed by atoms with Crippen molar-refractivity contribution in [3.05, 3.63) is 277 Å². The number of nitrogens with one attached hydrogen (secondary N) is 4. The van der Waals surface area contributed by atoms with Gasteiger partial charge in [0.1, 0.15) is 35.8 Å². The number of rotatable bonds is 12. The predicted molar refractivity (Wildman–Crippen MR) is 447 cm³/mol. The second-order valence-electron chi connectivity index (χ2n) is 27.0. The Bertz CT molecular complexity index is 6310. The van der Waals surface area contributed by atoms with Crippen molar-refractivity contribution in [3.63, 3.8) is 0 Å². The number of anilines is 4. The number of amides is 12. The van der Waals surface area contributed by atoms with E-state index in [4.69, 9.17) is 46.4 Å². The molecule has 12 heterocycles. The zero-order valence-corrected chi connectivity index (χ0v) is 65.7. The minimum atomic E-state index is -1.34. The van der Waals surface area contributed by atoms with Crippen LogP contribution in [0.4, 0.5) is 82.2 Å². The van der Waals surface area contributed by atoms with E-state index in [1.807, 2.05) is 77.6 Å². The summed E-state index contributed by atoms with van der Waals surface area (Å²) in [5.41, 5.74) is 14.9. The number of imide groups is 4. The molecule has 12 aromatic rings. The number of halogens is 8. The van der Waals surface area contributed by atoms with Crippen molar-refractivity contribution in [1.29, 1.82) is 0 Å². The number of hydrogen-bond donors (Lipinski definition) is 4. The molecule has 12 amide bonds. The molecule has 4 aromatic heterocycles. The average molecular weight is 1700 g/mol. The van der Waals surface area contributed by atoms with E-state index in [9.17, 15) is 47.1 Å². The van der Waals surface area contributed by atoms with E-state index in [0.717, 1.165) is 101 Å². The van der Waals surface area contributed by atoms with Crippen molar-refractivity contribution in [2.24, 2.45) is 20.0 Å². The monoisotopic (exact) mass is 1700 g/mol. The van der Waals surface area contributed by atoms with Gasteiger partial charge in [0.25, 0.3) is 23.6 Å². The van der Waals surface area contributed by atoms with Crippen LogP contribution in [-0.2, 0) is 44.9 Å². The normalized spacial score (nSPS) is 17.7. The summed E-state index contributed by atoms with van der Waals surface area (Å²) in [4.78, 5) is 123. The molecule has 116 heavy (non-hydrogen) atoms. The molecule has 0 radical (unpaired) electrons. The number of urea groups is 4. The molecular formula is C84H52Cl4F4N12O8S4. The minimum absolute atomic E-state index is 0.0382. The van der Waals surface area contributed by atoms with Crippen LogP contribution in [0.25, 0.3) is 43.8 Å². The van der Waals surface area contributed by atoms with Gasteiger partial charge in [-0.1, -0.05) is 131 Å². The number of carbonyl (C=O) groups is 8. The summed E-state index contributed by atoms with van der Waals surface area (Å²) in [5.74, 6) is -5.46. The fourth-order valence-electron chi connectivity index (χ4n) is 14.6. The van der Waals surface area contributed by atoms with Crippen LogP contribution >= 0.6 is 91.8 Å². The second-order valence-corrected chi connectivity index (χ2v) is 33.4. The number of hydrogen-bond acceptors (Lipinski definition) is 16. The molecule has 4 atom stereocenters. The van der Waals surface area contributed by atoms with E-state index in [-0.39, 0.29) is 22.6 Å². The Morgan fingerprint density at radius 3 is 1.12 bits per heavy atom. The first-order valence-electron chi connectivity index (χ1n) is 35.4. The second kappa shape index (κ2) is 31.6. The molecule has 32 heteroatoms. The first-order chi connectivity index (χ1) is 56.0. The van der Waals surface area contributed by atoms with Crippen LogP contribution in [-0.4, -0.2) is 72.6 Å². The fraction of sp³-hybridized carbons (Fsp3) is 0.0952. The molecule has 8 aromatic carbocycles. The molecule has 4 fully saturated rings. The van der Waals surface area contributed by atoms with Gasteiger partial charge in [0.2, 0.25) is 0 Å². The Hall–Kier alpha value is -12.1. The number of thiophene rings is 4. The van der Waals surface area contributed by atoms with Gasteiger partial charge in [-0.25, -0.2) is 36.7 Å². The third-order valence-electron chi connectivity index (χ3n) is 20.1. The minimum Gasteiger partial charge on any atom is -0.277 e. The van der Waals surface area contributed by atoms with E-state index in [2.05, 4.69) is 41.2 Å². The molecule has 576 valence electrons. The summed E-state index contributed by atoms with van der Waals surface area (Å²) < 4.78 is 62.2. The average Bonchev–Trinajstić information content (AvgIpc) is 1.60. The smallest absolute Gasteiger partial charge is 0.277 e. The number of aliphatic imine (C=N–C) groups is 4. The lowest BCUT2D eigenvalue weighted by Gasteiger charge is -2.23. The van der Waals surface area contributed by atoms with Gasteiger partial charge >= 0.3 is 24.1 Å². The lowest BCUT2D eigenvalue weighted by atomic mass is 10.00. The van der Waals surface area contributed by atoms with Gasteiger partial charge in [-0.2, -0.15) is 0 Å². The van der Waals surface area contributed by atoms with Gasteiger partial charge in [-0.05, 0) is 152 Å². The van der Waals surface area contributed by atoms with Gasteiger partial charge in [0.15, 0.2) is 11.6 Å². The third-order valence-corrected chi connectivity index (χ3v) is 24.7. The summed E-state index contributed by atoms with van der Waals surface area (Å²) in [7, 11) is 0. The molecule has 0 saturated carbocycles. The quantitative estimate of drug-likeness (QED) is 0.0675. The van der Waals surface area contributed by atoms with Crippen molar-refractivity contribution in [1.82, 2.24) is 21.3 Å². The van der Waals surface area contributed by atoms with Crippen molar-refractivity contribution >= 4 is 210 Å². The Labute approximate surface area is 692 Å². The highest BCUT2D eigenvalue weighted by Crippen LogP contribution is 2.45. The van der Waals surface area contributed by atoms with Crippen LogP contribution in [0.2, 0.25) is 17.3 Å². The highest BCUT2D eigenvalue weighted by atomic mass is 35.5. The van der Waals surface area contributed by atoms with Crippen molar-refractivity contribution < 1.29 is 55.9 Å². The number of benzene rings is 8. The SMILES string of the molecule is O=C1NC(=O)N(c2ccc3c(c2)N=CC3)C1c1ccc(-c2ccc(Cl)s2)c(F)c1F.O=C1NC(=O)N(c2ccc3c(c2)N=CC3)C1c1ccc(-c2csc(Cl)c2)c(F)c1.O=C1NC(=O)N(c2ccc3c(c2)N=CC3)C1c1ccc(-c2csc(Cl)c2)cc1.O=C1NC(=O)N(c2ccc3c(c2)N=CC3)C1c1ccc(-c2csc(Cl)c2)cc1F. The number of carbonyl (C=O) groups excluding carboxylic acids is 8. The van der Waals surface area contributed by atoms with Crippen molar-refractivity contribution in [2.75, 3.05) is 19.6 Å². The van der Waals surface area contributed by atoms with Crippen LogP contribution in [0.15, 0.2) is 212 Å². The third kappa shape index (κ3) is 14.8. The summed E-state index contributed by atoms with van der Waals surface area (Å²) in [6.45, 7) is 0. The lowest BCUT2D eigenvalue weighted by molar-refractivity contribution is -0.120. The zero-order chi connectivity index (χ0) is 80.5. The molecule has 4 unspecified atom stereocenters. The van der Waals surface area contributed by atoms with Gasteiger partial charge < -0.3 is 0 Å². The van der Waals surface area contributed by atoms with Gasteiger partial charge in [-0.15, -0.1) is 45.3 Å². The molecule has 4 saturated heterocycles. The maximum absolute atomic E-state index is 15.1. The molecule has 20 rings (SSSR count). The van der Waals surface area contributed by atoms with E-state index in [1.165, 1.54) is 79.0 Å². The van der Waals surface area contributed by atoms with Gasteiger partial charge in [0, 0.05) is 117 Å². The Kier molecular flexibility index (Phi) is 20.8. The predicted octanol–water partition coefficient (Wildman–Crippen LogP) is 21.1. The first kappa shape index (κ1) is 76.5. The first-order valence-corrected chi connectivity index (χ1v) is 40.4. The molecule has 0 spiro atoms. The van der Waals surface area contributed by atoms with Gasteiger partial charge in [0.05, 0.1) is 40.1 Å². The Morgan fingerprint density at radius 1 is 0.328 bits per heavy atom. The fourth-order valence-corrected chi connectivity index (χ4v) is 18.3. The Balaban J connectivity index is 0.000000111. The molecule has 8 aliphatic rings. The Morgan fingerprint density at radius 2 is 0.707 bits per heavy atom. The largest absolute Gasteiger partial charge is 0.329 e. The molecular weight excluding hydrogens is 1650 g/mol. The van der Waals surface area contributed by atoms with Crippen molar-refractivity contribution in [3.8, 4) is 43.8 Å². The highest BCUT2D eigenvalue weighted by Gasteiger charge is 2.46. The van der Waals surface area contributed by atoms with Gasteiger partial charge in [-0.3, -0.25) is 80.0 Å². The molecule has 8 aliphatic heterocycles. The summed E-state index contributed by atoms with van der Waals surface area (Å²) in [6, 6.07) is 43.2. The molecule has 0 bridgehead atoms.